The highest BCUT2D eigenvalue weighted by molar-refractivity contribution is 6.40. The SMILES string of the molecule is O=C1C(=O)N(c2ccccc2)CCN1Cc1cccc(Cl)c1. The van der Waals surface area contributed by atoms with Gasteiger partial charge in [-0.15, -0.1) is 0 Å². The Bertz CT molecular complexity index is 703. The second kappa shape index (κ2) is 6.20. The fourth-order valence-corrected chi connectivity index (χ4v) is 2.75. The van der Waals surface area contributed by atoms with Crippen LogP contribution in [-0.4, -0.2) is 29.8 Å². The Balaban J connectivity index is 1.74. The minimum Gasteiger partial charge on any atom is -0.328 e. The average Bonchev–Trinajstić information content (AvgIpc) is 2.53. The maximum Gasteiger partial charge on any atom is 0.316 e. The summed E-state index contributed by atoms with van der Waals surface area (Å²) >= 11 is 5.95. The minimum absolute atomic E-state index is 0.397. The number of carbonyl (C=O) groups excluding carboxylic acids is 2. The monoisotopic (exact) mass is 314 g/mol. The van der Waals surface area contributed by atoms with Crippen LogP contribution >= 0.6 is 11.6 Å². The zero-order valence-corrected chi connectivity index (χ0v) is 12.7. The minimum atomic E-state index is -0.487. The number of amides is 2. The number of anilines is 1. The smallest absolute Gasteiger partial charge is 0.316 e. The molecule has 0 atom stereocenters. The van der Waals surface area contributed by atoms with Gasteiger partial charge in [0.05, 0.1) is 0 Å². The van der Waals surface area contributed by atoms with Gasteiger partial charge in [0.25, 0.3) is 0 Å². The summed E-state index contributed by atoms with van der Waals surface area (Å²) in [6.45, 7) is 1.40. The molecule has 2 amide bonds. The quantitative estimate of drug-likeness (QED) is 0.817. The molecule has 1 heterocycles. The summed E-state index contributed by atoms with van der Waals surface area (Å²) in [5, 5.41) is 0.624. The van der Waals surface area contributed by atoms with Gasteiger partial charge in [0.15, 0.2) is 0 Å². The van der Waals surface area contributed by atoms with Crippen LogP contribution in [0.5, 0.6) is 0 Å². The van der Waals surface area contributed by atoms with Crippen LogP contribution in [0.4, 0.5) is 5.69 Å². The molecule has 0 N–H and O–H groups in total. The van der Waals surface area contributed by atoms with Crippen molar-refractivity contribution in [3.8, 4) is 0 Å². The molecule has 112 valence electrons. The normalized spacial score (nSPS) is 15.3. The van der Waals surface area contributed by atoms with Gasteiger partial charge in [0, 0.05) is 30.3 Å². The van der Waals surface area contributed by atoms with Gasteiger partial charge in [0.1, 0.15) is 0 Å². The zero-order chi connectivity index (χ0) is 15.5. The molecule has 0 saturated carbocycles. The Morgan fingerprint density at radius 3 is 2.41 bits per heavy atom. The Morgan fingerprint density at radius 2 is 1.68 bits per heavy atom. The van der Waals surface area contributed by atoms with Crippen LogP contribution in [0.25, 0.3) is 0 Å². The third-order valence-electron chi connectivity index (χ3n) is 3.64. The fraction of sp³-hybridized carbons (Fsp3) is 0.176. The first-order valence-electron chi connectivity index (χ1n) is 7.05. The van der Waals surface area contributed by atoms with Crippen molar-refractivity contribution in [1.82, 2.24) is 4.90 Å². The molecular weight excluding hydrogens is 300 g/mol. The highest BCUT2D eigenvalue weighted by Crippen LogP contribution is 2.19. The van der Waals surface area contributed by atoms with Crippen LogP contribution < -0.4 is 4.90 Å². The van der Waals surface area contributed by atoms with Crippen molar-refractivity contribution in [3.05, 3.63) is 65.2 Å². The highest BCUT2D eigenvalue weighted by Gasteiger charge is 2.33. The molecule has 0 spiro atoms. The number of carbonyl (C=O) groups is 2. The van der Waals surface area contributed by atoms with E-state index in [0.29, 0.717) is 24.7 Å². The molecule has 5 heteroatoms. The lowest BCUT2D eigenvalue weighted by Gasteiger charge is -2.33. The predicted molar refractivity (Wildman–Crippen MR) is 85.7 cm³/mol. The summed E-state index contributed by atoms with van der Waals surface area (Å²) in [5.74, 6) is -0.963. The average molecular weight is 315 g/mol. The van der Waals surface area contributed by atoms with E-state index in [-0.39, 0.29) is 0 Å². The topological polar surface area (TPSA) is 40.6 Å². The highest BCUT2D eigenvalue weighted by atomic mass is 35.5. The molecule has 1 aliphatic rings. The van der Waals surface area contributed by atoms with E-state index in [1.165, 1.54) is 4.90 Å². The van der Waals surface area contributed by atoms with Gasteiger partial charge in [-0.1, -0.05) is 41.9 Å². The van der Waals surface area contributed by atoms with Crippen molar-refractivity contribution in [1.29, 1.82) is 0 Å². The molecule has 1 fully saturated rings. The first-order valence-corrected chi connectivity index (χ1v) is 7.43. The standard InChI is InChI=1S/C17H15ClN2O2/c18-14-6-4-5-13(11-14)12-19-9-10-20(17(22)16(19)21)15-7-2-1-3-8-15/h1-8,11H,9-10,12H2. The molecule has 22 heavy (non-hydrogen) atoms. The number of benzene rings is 2. The summed E-state index contributed by atoms with van der Waals surface area (Å²) in [7, 11) is 0. The molecule has 0 unspecified atom stereocenters. The van der Waals surface area contributed by atoms with E-state index < -0.39 is 11.8 Å². The van der Waals surface area contributed by atoms with E-state index in [4.69, 9.17) is 11.6 Å². The van der Waals surface area contributed by atoms with Gasteiger partial charge < -0.3 is 9.80 Å². The third-order valence-corrected chi connectivity index (χ3v) is 3.87. The van der Waals surface area contributed by atoms with E-state index in [0.717, 1.165) is 11.3 Å². The lowest BCUT2D eigenvalue weighted by Crippen LogP contribution is -2.54. The number of nitrogens with zero attached hydrogens (tertiary/aromatic N) is 2. The van der Waals surface area contributed by atoms with Gasteiger partial charge in [-0.3, -0.25) is 9.59 Å². The van der Waals surface area contributed by atoms with Crippen LogP contribution in [0.3, 0.4) is 0 Å². The molecule has 3 rings (SSSR count). The van der Waals surface area contributed by atoms with Crippen LogP contribution in [0.1, 0.15) is 5.56 Å². The largest absolute Gasteiger partial charge is 0.328 e. The third kappa shape index (κ3) is 2.97. The summed E-state index contributed by atoms with van der Waals surface area (Å²) in [4.78, 5) is 27.7. The predicted octanol–water partition coefficient (Wildman–Crippen LogP) is 2.72. The number of para-hydroxylation sites is 1. The summed E-state index contributed by atoms with van der Waals surface area (Å²) in [6.07, 6.45) is 0. The fourth-order valence-electron chi connectivity index (χ4n) is 2.54. The van der Waals surface area contributed by atoms with E-state index in [1.807, 2.05) is 48.5 Å². The van der Waals surface area contributed by atoms with E-state index in [2.05, 4.69) is 0 Å². The second-order valence-electron chi connectivity index (χ2n) is 5.15. The molecule has 1 aliphatic heterocycles. The van der Waals surface area contributed by atoms with E-state index in [9.17, 15) is 9.59 Å². The van der Waals surface area contributed by atoms with E-state index in [1.54, 1.807) is 11.0 Å². The molecule has 0 radical (unpaired) electrons. The Labute approximate surface area is 133 Å². The Morgan fingerprint density at radius 1 is 0.909 bits per heavy atom. The maximum absolute atomic E-state index is 12.3. The maximum atomic E-state index is 12.3. The van der Waals surface area contributed by atoms with Crippen molar-refractivity contribution in [2.45, 2.75) is 6.54 Å². The van der Waals surface area contributed by atoms with Crippen LogP contribution in [0.2, 0.25) is 5.02 Å². The molecule has 4 nitrogen and oxygen atoms in total. The van der Waals surface area contributed by atoms with Gasteiger partial charge in [-0.2, -0.15) is 0 Å². The number of piperazine rings is 1. The molecule has 0 aromatic heterocycles. The van der Waals surface area contributed by atoms with Gasteiger partial charge in [-0.05, 0) is 29.8 Å². The van der Waals surface area contributed by atoms with Gasteiger partial charge in [-0.25, -0.2) is 0 Å². The van der Waals surface area contributed by atoms with Crippen molar-refractivity contribution in [3.63, 3.8) is 0 Å². The number of hydrogen-bond acceptors (Lipinski definition) is 2. The first kappa shape index (κ1) is 14.6. The van der Waals surface area contributed by atoms with Crippen LogP contribution in [0.15, 0.2) is 54.6 Å². The molecule has 2 aromatic carbocycles. The molecular formula is C17H15ClN2O2. The van der Waals surface area contributed by atoms with Crippen LogP contribution in [-0.2, 0) is 16.1 Å². The lowest BCUT2D eigenvalue weighted by molar-refractivity contribution is -0.146. The van der Waals surface area contributed by atoms with Crippen molar-refractivity contribution < 1.29 is 9.59 Å². The first-order chi connectivity index (χ1) is 10.6. The van der Waals surface area contributed by atoms with Gasteiger partial charge in [0.2, 0.25) is 0 Å². The van der Waals surface area contributed by atoms with E-state index >= 15 is 0 Å². The van der Waals surface area contributed by atoms with Crippen molar-refractivity contribution in [2.24, 2.45) is 0 Å². The summed E-state index contributed by atoms with van der Waals surface area (Å²) in [5.41, 5.74) is 1.67. The molecule has 0 bridgehead atoms. The zero-order valence-electron chi connectivity index (χ0n) is 11.9. The number of halogens is 1. The summed E-state index contributed by atoms with van der Waals surface area (Å²) < 4.78 is 0. The van der Waals surface area contributed by atoms with Crippen molar-refractivity contribution >= 4 is 29.1 Å². The number of rotatable bonds is 3. The molecule has 2 aromatic rings. The molecule has 1 saturated heterocycles. The van der Waals surface area contributed by atoms with Gasteiger partial charge >= 0.3 is 11.8 Å². The number of hydrogen-bond donors (Lipinski definition) is 0. The van der Waals surface area contributed by atoms with Crippen molar-refractivity contribution in [2.75, 3.05) is 18.0 Å². The van der Waals surface area contributed by atoms with Crippen LogP contribution in [0, 0.1) is 0 Å². The Kier molecular flexibility index (Phi) is 4.11. The lowest BCUT2D eigenvalue weighted by atomic mass is 10.1. The second-order valence-corrected chi connectivity index (χ2v) is 5.59. The Hall–Kier alpha value is -2.33. The molecule has 0 aliphatic carbocycles. The summed E-state index contributed by atoms with van der Waals surface area (Å²) in [6, 6.07) is 16.6.